The Hall–Kier alpha value is -5.04. The van der Waals surface area contributed by atoms with Crippen LogP contribution >= 0.6 is 0 Å². The van der Waals surface area contributed by atoms with Gasteiger partial charge in [-0.3, -0.25) is 10.1 Å². The van der Waals surface area contributed by atoms with Crippen LogP contribution in [0.5, 0.6) is 11.5 Å². The van der Waals surface area contributed by atoms with Crippen LogP contribution in [0.2, 0.25) is 0 Å². The molecular weight excluding hydrogens is 456 g/mol. The fraction of sp³-hybridized carbons (Fsp3) is 0.0345. The summed E-state index contributed by atoms with van der Waals surface area (Å²) in [6, 6.07) is 31.9. The lowest BCUT2D eigenvalue weighted by Crippen LogP contribution is -2.07. The molecule has 0 fully saturated rings. The first-order chi connectivity index (χ1) is 17.6. The molecule has 1 heterocycles. The van der Waals surface area contributed by atoms with Gasteiger partial charge in [0.25, 0.3) is 5.69 Å². The molecule has 7 nitrogen and oxygen atoms in total. The summed E-state index contributed by atoms with van der Waals surface area (Å²) in [7, 11) is 0. The molecule has 0 saturated carbocycles. The highest BCUT2D eigenvalue weighted by Crippen LogP contribution is 2.27. The van der Waals surface area contributed by atoms with Gasteiger partial charge in [-0.15, -0.1) is 0 Å². The van der Waals surface area contributed by atoms with Gasteiger partial charge in [-0.2, -0.15) is 0 Å². The Morgan fingerprint density at radius 1 is 0.806 bits per heavy atom. The van der Waals surface area contributed by atoms with Crippen molar-refractivity contribution in [3.8, 4) is 22.8 Å². The van der Waals surface area contributed by atoms with Crippen LogP contribution in [-0.2, 0) is 11.3 Å². The van der Waals surface area contributed by atoms with Gasteiger partial charge in [-0.1, -0.05) is 60.7 Å². The monoisotopic (exact) mass is 476 g/mol. The Morgan fingerprint density at radius 2 is 1.44 bits per heavy atom. The van der Waals surface area contributed by atoms with Crippen molar-refractivity contribution < 1.29 is 19.2 Å². The Kier molecular flexibility index (Phi) is 6.36. The fourth-order valence-electron chi connectivity index (χ4n) is 3.75. The minimum absolute atomic E-state index is 0.00243. The maximum atomic E-state index is 13.1. The third kappa shape index (κ3) is 5.05. The number of para-hydroxylation sites is 1. The summed E-state index contributed by atoms with van der Waals surface area (Å²) in [6.07, 6.45) is 0. The quantitative estimate of drug-likeness (QED) is 0.143. The van der Waals surface area contributed by atoms with E-state index in [1.165, 1.54) is 24.3 Å². The summed E-state index contributed by atoms with van der Waals surface area (Å²) in [5.41, 5.74) is 3.59. The maximum Gasteiger partial charge on any atom is 0.339 e. The van der Waals surface area contributed by atoms with Crippen LogP contribution in [0.3, 0.4) is 0 Å². The zero-order valence-corrected chi connectivity index (χ0v) is 19.0. The number of esters is 1. The zero-order valence-electron chi connectivity index (χ0n) is 19.0. The molecule has 0 N–H and O–H groups in total. The number of rotatable bonds is 7. The lowest BCUT2D eigenvalue weighted by Gasteiger charge is -2.11. The molecule has 0 saturated heterocycles. The molecule has 1 aromatic heterocycles. The normalized spacial score (nSPS) is 10.7. The minimum Gasteiger partial charge on any atom is -0.457 e. The number of fused-ring (bicyclic) bond motifs is 1. The summed E-state index contributed by atoms with van der Waals surface area (Å²) >= 11 is 0. The summed E-state index contributed by atoms with van der Waals surface area (Å²) in [5, 5.41) is 11.5. The number of hydrogen-bond donors (Lipinski definition) is 0. The summed E-state index contributed by atoms with van der Waals surface area (Å²) < 4.78 is 11.4. The number of hydrogen-bond acceptors (Lipinski definition) is 6. The molecule has 5 rings (SSSR count). The van der Waals surface area contributed by atoms with Gasteiger partial charge in [0.15, 0.2) is 0 Å². The smallest absolute Gasteiger partial charge is 0.339 e. The van der Waals surface area contributed by atoms with Gasteiger partial charge in [-0.05, 0) is 42.0 Å². The number of nitro groups is 1. The topological polar surface area (TPSA) is 91.6 Å². The van der Waals surface area contributed by atoms with E-state index in [2.05, 4.69) is 0 Å². The average Bonchev–Trinajstić information content (AvgIpc) is 2.92. The SMILES string of the molecule is O=C(OCc1ccc(Oc2ccc([N+](=O)[O-])cc2)cc1)c1cc(-c2ccccc2)nc2ccccc12. The number of aromatic nitrogens is 1. The van der Waals surface area contributed by atoms with Crippen molar-refractivity contribution >= 4 is 22.6 Å². The number of carbonyl (C=O) groups is 1. The van der Waals surface area contributed by atoms with Crippen LogP contribution in [-0.4, -0.2) is 15.9 Å². The Labute approximate surface area is 206 Å². The number of nitrogens with zero attached hydrogens (tertiary/aromatic N) is 2. The van der Waals surface area contributed by atoms with Gasteiger partial charge in [0, 0.05) is 23.1 Å². The van der Waals surface area contributed by atoms with Crippen molar-refractivity contribution in [3.05, 3.63) is 130 Å². The van der Waals surface area contributed by atoms with E-state index >= 15 is 0 Å². The lowest BCUT2D eigenvalue weighted by molar-refractivity contribution is -0.384. The van der Waals surface area contributed by atoms with E-state index in [1.54, 1.807) is 30.3 Å². The van der Waals surface area contributed by atoms with Crippen LogP contribution in [0.4, 0.5) is 5.69 Å². The van der Waals surface area contributed by atoms with E-state index in [0.29, 0.717) is 22.8 Å². The van der Waals surface area contributed by atoms with Crippen molar-refractivity contribution in [2.45, 2.75) is 6.61 Å². The standard InChI is InChI=1S/C29H20N2O5/c32-29(26-18-28(21-6-2-1-3-7-21)30-27-9-5-4-8-25(26)27)35-19-20-10-14-23(15-11-20)36-24-16-12-22(13-17-24)31(33)34/h1-18H,19H2. The number of benzene rings is 4. The first-order valence-corrected chi connectivity index (χ1v) is 11.2. The molecule has 7 heteroatoms. The molecule has 0 unspecified atom stereocenters. The first-order valence-electron chi connectivity index (χ1n) is 11.2. The molecule has 0 aliphatic heterocycles. The van der Waals surface area contributed by atoms with Crippen LogP contribution in [0.15, 0.2) is 109 Å². The van der Waals surface area contributed by atoms with Crippen LogP contribution in [0, 0.1) is 10.1 Å². The van der Waals surface area contributed by atoms with Gasteiger partial charge in [0.2, 0.25) is 0 Å². The van der Waals surface area contributed by atoms with Gasteiger partial charge in [0.1, 0.15) is 18.1 Å². The van der Waals surface area contributed by atoms with E-state index in [-0.39, 0.29) is 12.3 Å². The molecule has 0 aliphatic carbocycles. The predicted molar refractivity (Wildman–Crippen MR) is 136 cm³/mol. The highest BCUT2D eigenvalue weighted by atomic mass is 16.6. The Morgan fingerprint density at radius 3 is 2.14 bits per heavy atom. The van der Waals surface area contributed by atoms with Crippen LogP contribution in [0.25, 0.3) is 22.2 Å². The molecule has 4 aromatic carbocycles. The highest BCUT2D eigenvalue weighted by molar-refractivity contribution is 6.04. The molecule has 5 aromatic rings. The van der Waals surface area contributed by atoms with Crippen LogP contribution < -0.4 is 4.74 Å². The fourth-order valence-corrected chi connectivity index (χ4v) is 3.75. The van der Waals surface area contributed by atoms with E-state index in [9.17, 15) is 14.9 Å². The van der Waals surface area contributed by atoms with Gasteiger partial charge in [0.05, 0.1) is 21.7 Å². The number of nitro benzene ring substituents is 1. The van der Waals surface area contributed by atoms with Crippen molar-refractivity contribution in [2.24, 2.45) is 0 Å². The summed E-state index contributed by atoms with van der Waals surface area (Å²) in [4.78, 5) is 28.1. The molecule has 0 bridgehead atoms. The van der Waals surface area contributed by atoms with Crippen LogP contribution in [0.1, 0.15) is 15.9 Å². The summed E-state index contributed by atoms with van der Waals surface area (Å²) in [5.74, 6) is 0.613. The highest BCUT2D eigenvalue weighted by Gasteiger charge is 2.15. The lowest BCUT2D eigenvalue weighted by atomic mass is 10.0. The average molecular weight is 476 g/mol. The largest absolute Gasteiger partial charge is 0.457 e. The van der Waals surface area contributed by atoms with E-state index in [1.807, 2.05) is 54.6 Å². The predicted octanol–water partition coefficient (Wildman–Crippen LogP) is 6.96. The van der Waals surface area contributed by atoms with Crippen molar-refractivity contribution in [2.75, 3.05) is 0 Å². The van der Waals surface area contributed by atoms with Crippen molar-refractivity contribution in [3.63, 3.8) is 0 Å². The molecule has 0 aliphatic rings. The third-order valence-corrected chi connectivity index (χ3v) is 5.58. The zero-order chi connectivity index (χ0) is 24.9. The van der Waals surface area contributed by atoms with Gasteiger partial charge in [-0.25, -0.2) is 9.78 Å². The number of carbonyl (C=O) groups excluding carboxylic acids is 1. The molecular formula is C29H20N2O5. The molecule has 0 radical (unpaired) electrons. The van der Waals surface area contributed by atoms with Crippen molar-refractivity contribution in [1.82, 2.24) is 4.98 Å². The number of ether oxygens (including phenoxy) is 2. The molecule has 176 valence electrons. The van der Waals surface area contributed by atoms with E-state index < -0.39 is 10.9 Å². The van der Waals surface area contributed by atoms with E-state index in [0.717, 1.165) is 22.0 Å². The number of pyridine rings is 1. The van der Waals surface area contributed by atoms with E-state index in [4.69, 9.17) is 14.5 Å². The maximum absolute atomic E-state index is 13.1. The second-order valence-corrected chi connectivity index (χ2v) is 8.01. The second kappa shape index (κ2) is 10.1. The molecule has 0 atom stereocenters. The molecule has 36 heavy (non-hydrogen) atoms. The Bertz CT molecular complexity index is 1530. The summed E-state index contributed by atoms with van der Waals surface area (Å²) in [6.45, 7) is 0.0912. The second-order valence-electron chi connectivity index (χ2n) is 8.01. The van der Waals surface area contributed by atoms with Crippen molar-refractivity contribution in [1.29, 1.82) is 0 Å². The Balaban J connectivity index is 1.29. The van der Waals surface area contributed by atoms with Gasteiger partial charge < -0.3 is 9.47 Å². The minimum atomic E-state index is -0.461. The third-order valence-electron chi connectivity index (χ3n) is 5.58. The number of non-ortho nitro benzene ring substituents is 1. The first kappa shape index (κ1) is 22.7. The van der Waals surface area contributed by atoms with Gasteiger partial charge >= 0.3 is 5.97 Å². The molecule has 0 spiro atoms. The molecule has 0 amide bonds.